The first kappa shape index (κ1) is 27.0. The fraction of sp³-hybridized carbons (Fsp3) is 0.455. The van der Waals surface area contributed by atoms with E-state index in [1.165, 1.54) is 13.0 Å². The van der Waals surface area contributed by atoms with Gasteiger partial charge in [0, 0.05) is 42.0 Å². The van der Waals surface area contributed by atoms with Crippen LogP contribution in [0.15, 0.2) is 24.3 Å². The van der Waals surface area contributed by atoms with Gasteiger partial charge >= 0.3 is 12.4 Å². The molecule has 13 heteroatoms. The lowest BCUT2D eigenvalue weighted by Crippen LogP contribution is -2.53. The minimum atomic E-state index is -5.42. The average Bonchev–Trinajstić information content (AvgIpc) is 3.22. The van der Waals surface area contributed by atoms with Gasteiger partial charge in [0.2, 0.25) is 0 Å². The lowest BCUT2D eigenvalue weighted by molar-refractivity contribution is -0.385. The van der Waals surface area contributed by atoms with E-state index < -0.39 is 68.8 Å². The number of ether oxygens (including phenoxy) is 1. The van der Waals surface area contributed by atoms with E-state index in [-0.39, 0.29) is 36.5 Å². The minimum absolute atomic E-state index is 0.0180. The highest BCUT2D eigenvalue weighted by Crippen LogP contribution is 2.48. The number of hydrogen-bond donors (Lipinski definition) is 1. The Morgan fingerprint density at radius 2 is 1.77 bits per heavy atom. The van der Waals surface area contributed by atoms with Crippen molar-refractivity contribution in [1.29, 1.82) is 0 Å². The van der Waals surface area contributed by atoms with Gasteiger partial charge in [0.25, 0.3) is 5.69 Å². The van der Waals surface area contributed by atoms with Crippen molar-refractivity contribution >= 4 is 17.3 Å². The maximum Gasteiger partial charge on any atom is 0.417 e. The third kappa shape index (κ3) is 5.04. The molecule has 2 aromatic rings. The topological polar surface area (TPSA) is 72.6 Å². The summed E-state index contributed by atoms with van der Waals surface area (Å²) in [5.41, 5.74) is -6.26. The molecule has 1 aliphatic rings. The standard InChI is InChI=1S/C22H19ClF7NO4/c1-10(16-8-15(31(33)34)6-12-3-4-35-19(12)16)11(2)20(32,22(28,29)30)9-13-5-14(21(25,26)27)7-17(23)18(13)24/h5-8,10-11,32H,3-4,9H2,1-2H3. The molecule has 0 fully saturated rings. The molecule has 0 bridgehead atoms. The summed E-state index contributed by atoms with van der Waals surface area (Å²) in [7, 11) is 0. The summed E-state index contributed by atoms with van der Waals surface area (Å²) in [5, 5.41) is 21.1. The van der Waals surface area contributed by atoms with Crippen molar-refractivity contribution in [2.45, 2.75) is 50.6 Å². The van der Waals surface area contributed by atoms with Crippen LogP contribution in [0.25, 0.3) is 0 Å². The van der Waals surface area contributed by atoms with Crippen molar-refractivity contribution in [3.05, 3.63) is 67.5 Å². The summed E-state index contributed by atoms with van der Waals surface area (Å²) in [5.74, 6) is -4.42. The molecule has 0 saturated heterocycles. The van der Waals surface area contributed by atoms with Crippen molar-refractivity contribution in [3.8, 4) is 5.75 Å². The molecule has 3 unspecified atom stereocenters. The van der Waals surface area contributed by atoms with Crippen LogP contribution in [0, 0.1) is 21.8 Å². The van der Waals surface area contributed by atoms with E-state index in [0.29, 0.717) is 5.56 Å². The van der Waals surface area contributed by atoms with E-state index in [0.717, 1.165) is 13.0 Å². The molecular formula is C22H19ClF7NO4. The van der Waals surface area contributed by atoms with Crippen LogP contribution in [-0.2, 0) is 19.0 Å². The van der Waals surface area contributed by atoms with Crippen LogP contribution >= 0.6 is 11.6 Å². The molecule has 192 valence electrons. The molecular weight excluding hydrogens is 511 g/mol. The van der Waals surface area contributed by atoms with E-state index >= 15 is 0 Å². The highest BCUT2D eigenvalue weighted by Gasteiger charge is 2.58. The fourth-order valence-corrected chi connectivity index (χ4v) is 4.43. The zero-order valence-corrected chi connectivity index (χ0v) is 19.0. The van der Waals surface area contributed by atoms with Crippen LogP contribution < -0.4 is 4.74 Å². The second-order valence-corrected chi connectivity index (χ2v) is 8.89. The second kappa shape index (κ2) is 9.12. The molecule has 0 aromatic heterocycles. The number of nitro benzene ring substituents is 1. The average molecular weight is 530 g/mol. The van der Waals surface area contributed by atoms with Crippen LogP contribution in [0.4, 0.5) is 36.4 Å². The lowest BCUT2D eigenvalue weighted by Gasteiger charge is -2.39. The Morgan fingerprint density at radius 3 is 2.31 bits per heavy atom. The number of halogens is 8. The maximum atomic E-state index is 14.5. The zero-order valence-electron chi connectivity index (χ0n) is 18.2. The largest absolute Gasteiger partial charge is 0.493 e. The molecule has 0 radical (unpaired) electrons. The van der Waals surface area contributed by atoms with Gasteiger partial charge in [-0.25, -0.2) is 4.39 Å². The van der Waals surface area contributed by atoms with Gasteiger partial charge in [-0.05, 0) is 23.6 Å². The summed E-state index contributed by atoms with van der Waals surface area (Å²) in [6, 6.07) is 2.68. The van der Waals surface area contributed by atoms with Gasteiger partial charge < -0.3 is 9.84 Å². The van der Waals surface area contributed by atoms with Gasteiger partial charge in [0.05, 0.1) is 22.1 Å². The molecule has 35 heavy (non-hydrogen) atoms. The van der Waals surface area contributed by atoms with Crippen molar-refractivity contribution < 1.29 is 45.5 Å². The third-order valence-corrected chi connectivity index (χ3v) is 6.66. The molecule has 1 N–H and O–H groups in total. The number of aliphatic hydroxyl groups is 1. The Morgan fingerprint density at radius 1 is 1.14 bits per heavy atom. The van der Waals surface area contributed by atoms with Gasteiger partial charge in [-0.2, -0.15) is 26.3 Å². The Kier molecular flexibility index (Phi) is 7.04. The fourth-order valence-electron chi connectivity index (χ4n) is 4.20. The first-order chi connectivity index (χ1) is 16.0. The number of non-ortho nitro benzene ring substituents is 1. The summed E-state index contributed by atoms with van der Waals surface area (Å²) in [6.07, 6.45) is -11.7. The number of nitro groups is 1. The molecule has 5 nitrogen and oxygen atoms in total. The zero-order chi connectivity index (χ0) is 26.5. The van der Waals surface area contributed by atoms with Crippen LogP contribution in [0.2, 0.25) is 5.02 Å². The highest BCUT2D eigenvalue weighted by atomic mass is 35.5. The van der Waals surface area contributed by atoms with E-state index in [1.54, 1.807) is 0 Å². The van der Waals surface area contributed by atoms with Gasteiger partial charge in [0.1, 0.15) is 11.6 Å². The number of fused-ring (bicyclic) bond motifs is 1. The minimum Gasteiger partial charge on any atom is -0.493 e. The normalized spacial score (nSPS) is 17.3. The predicted molar refractivity (Wildman–Crippen MR) is 111 cm³/mol. The summed E-state index contributed by atoms with van der Waals surface area (Å²) < 4.78 is 102. The Labute approximate surface area is 199 Å². The lowest BCUT2D eigenvalue weighted by atomic mass is 9.73. The van der Waals surface area contributed by atoms with Crippen molar-refractivity contribution in [2.24, 2.45) is 5.92 Å². The van der Waals surface area contributed by atoms with Crippen molar-refractivity contribution in [1.82, 2.24) is 0 Å². The summed E-state index contributed by atoms with van der Waals surface area (Å²) in [4.78, 5) is 10.6. The van der Waals surface area contributed by atoms with E-state index in [9.17, 15) is 46.0 Å². The Hall–Kier alpha value is -2.60. The Balaban J connectivity index is 2.10. The van der Waals surface area contributed by atoms with Crippen LogP contribution in [0.1, 0.15) is 42.0 Å². The number of hydrogen-bond acceptors (Lipinski definition) is 4. The molecule has 1 aliphatic heterocycles. The molecule has 2 aromatic carbocycles. The van der Waals surface area contributed by atoms with Crippen LogP contribution in [0.5, 0.6) is 5.75 Å². The predicted octanol–water partition coefficient (Wildman–Crippen LogP) is 6.62. The quantitative estimate of drug-likeness (QED) is 0.259. The molecule has 1 heterocycles. The SMILES string of the molecule is CC(c1cc([N+](=O)[O-])cc2c1OCC2)C(C)C(O)(Cc1cc(C(F)(F)F)cc(Cl)c1F)C(F)(F)F. The van der Waals surface area contributed by atoms with Crippen LogP contribution in [-0.4, -0.2) is 28.4 Å². The van der Waals surface area contributed by atoms with Crippen molar-refractivity contribution in [2.75, 3.05) is 6.61 Å². The second-order valence-electron chi connectivity index (χ2n) is 8.48. The smallest absolute Gasteiger partial charge is 0.417 e. The number of rotatable bonds is 6. The van der Waals surface area contributed by atoms with Crippen molar-refractivity contribution in [3.63, 3.8) is 0 Å². The summed E-state index contributed by atoms with van der Waals surface area (Å²) >= 11 is 5.50. The van der Waals surface area contributed by atoms with Crippen LogP contribution in [0.3, 0.4) is 0 Å². The number of alkyl halides is 6. The molecule has 0 spiro atoms. The molecule has 0 aliphatic carbocycles. The monoisotopic (exact) mass is 529 g/mol. The van der Waals surface area contributed by atoms with Gasteiger partial charge in [-0.3, -0.25) is 10.1 Å². The van der Waals surface area contributed by atoms with Gasteiger partial charge in [-0.1, -0.05) is 25.4 Å². The number of nitrogens with zero attached hydrogens (tertiary/aromatic N) is 1. The number of benzene rings is 2. The van der Waals surface area contributed by atoms with E-state index in [4.69, 9.17) is 16.3 Å². The van der Waals surface area contributed by atoms with Gasteiger partial charge in [0.15, 0.2) is 5.60 Å². The first-order valence-electron chi connectivity index (χ1n) is 10.3. The maximum absolute atomic E-state index is 14.5. The highest BCUT2D eigenvalue weighted by molar-refractivity contribution is 6.30. The molecule has 0 amide bonds. The third-order valence-electron chi connectivity index (χ3n) is 6.38. The Bertz CT molecular complexity index is 1150. The first-order valence-corrected chi connectivity index (χ1v) is 10.6. The molecule has 0 saturated carbocycles. The van der Waals surface area contributed by atoms with E-state index in [2.05, 4.69) is 0 Å². The van der Waals surface area contributed by atoms with E-state index in [1.807, 2.05) is 0 Å². The summed E-state index contributed by atoms with van der Waals surface area (Å²) in [6.45, 7) is 2.38. The molecule has 3 atom stereocenters. The molecule has 3 rings (SSSR count). The van der Waals surface area contributed by atoms with Gasteiger partial charge in [-0.15, -0.1) is 0 Å².